The number of hydrogen-bond acceptors (Lipinski definition) is 4. The Kier molecular flexibility index (Phi) is 6.55. The number of benzene rings is 1. The maximum atomic E-state index is 13.0. The number of carbonyl (C=O) groups is 1. The molecular weight excluding hydrogens is 370 g/mol. The Bertz CT molecular complexity index is 703. The number of rotatable bonds is 3. The van der Waals surface area contributed by atoms with E-state index < -0.39 is 35.9 Å². The van der Waals surface area contributed by atoms with Crippen LogP contribution in [0, 0.1) is 12.8 Å². The summed E-state index contributed by atoms with van der Waals surface area (Å²) in [5, 5.41) is 0. The van der Waals surface area contributed by atoms with Gasteiger partial charge in [0.15, 0.2) is 0 Å². The Labute approximate surface area is 144 Å². The molecule has 1 aromatic rings. The van der Waals surface area contributed by atoms with Crippen molar-refractivity contribution < 1.29 is 45.3 Å². The first-order chi connectivity index (χ1) is 12.0. The topological polar surface area (TPSA) is 44.8 Å². The molecule has 0 saturated carbocycles. The molecule has 0 aromatic heterocycles. The fourth-order valence-corrected chi connectivity index (χ4v) is 2.00. The van der Waals surface area contributed by atoms with E-state index >= 15 is 0 Å². The molecule has 1 aliphatic heterocycles. The number of alkyl halides is 6. The molecule has 1 aliphatic rings. The van der Waals surface area contributed by atoms with Crippen LogP contribution < -0.4 is 9.47 Å². The fourth-order valence-electron chi connectivity index (χ4n) is 2.00. The average molecular weight is 382 g/mol. The van der Waals surface area contributed by atoms with Gasteiger partial charge in [0.2, 0.25) is 6.10 Å². The van der Waals surface area contributed by atoms with Crippen molar-refractivity contribution in [2.75, 3.05) is 6.61 Å². The molecule has 4 nitrogen and oxygen atoms in total. The van der Waals surface area contributed by atoms with Crippen molar-refractivity contribution in [3.63, 3.8) is 0 Å². The Morgan fingerprint density at radius 1 is 1.19 bits per heavy atom. The van der Waals surface area contributed by atoms with E-state index in [4.69, 9.17) is 4.74 Å². The SMILES string of the molecule is C#C.CCOC(=O)C1=Cc2cc(OC(F)(F)F)ccc2OC1C(F)(F)F. The molecule has 0 spiro atoms. The lowest BCUT2D eigenvalue weighted by molar-refractivity contribution is -0.274. The number of hydrogen-bond donors (Lipinski definition) is 0. The highest BCUT2D eigenvalue weighted by Gasteiger charge is 2.48. The zero-order valence-corrected chi connectivity index (χ0v) is 13.1. The van der Waals surface area contributed by atoms with E-state index in [9.17, 15) is 31.1 Å². The highest BCUT2D eigenvalue weighted by Crippen LogP contribution is 2.39. The van der Waals surface area contributed by atoms with Gasteiger partial charge in [0, 0.05) is 5.56 Å². The fraction of sp³-hybridized carbons (Fsp3) is 0.312. The van der Waals surface area contributed by atoms with Crippen molar-refractivity contribution in [2.45, 2.75) is 25.6 Å². The molecule has 142 valence electrons. The third-order valence-electron chi connectivity index (χ3n) is 2.86. The molecule has 1 heterocycles. The maximum Gasteiger partial charge on any atom is 0.573 e. The summed E-state index contributed by atoms with van der Waals surface area (Å²) >= 11 is 0. The quantitative estimate of drug-likeness (QED) is 0.449. The number of halogens is 6. The zero-order valence-electron chi connectivity index (χ0n) is 13.1. The lowest BCUT2D eigenvalue weighted by Crippen LogP contribution is -2.40. The van der Waals surface area contributed by atoms with Gasteiger partial charge in [0.1, 0.15) is 11.5 Å². The molecule has 0 bridgehead atoms. The normalized spacial score (nSPS) is 16.2. The summed E-state index contributed by atoms with van der Waals surface area (Å²) in [6.07, 6.45) is -3.67. The Hall–Kier alpha value is -2.83. The summed E-state index contributed by atoms with van der Waals surface area (Å²) in [4.78, 5) is 11.7. The highest BCUT2D eigenvalue weighted by molar-refractivity contribution is 5.96. The van der Waals surface area contributed by atoms with E-state index in [-0.39, 0.29) is 17.9 Å². The first-order valence-electron chi connectivity index (χ1n) is 6.86. The summed E-state index contributed by atoms with van der Waals surface area (Å²) in [6, 6.07) is 2.52. The zero-order chi connectivity index (χ0) is 20.1. The van der Waals surface area contributed by atoms with Crippen molar-refractivity contribution in [3.05, 3.63) is 29.3 Å². The van der Waals surface area contributed by atoms with Gasteiger partial charge in [-0.05, 0) is 31.2 Å². The number of carbonyl (C=O) groups excluding carboxylic acids is 1. The van der Waals surface area contributed by atoms with E-state index in [0.29, 0.717) is 0 Å². The van der Waals surface area contributed by atoms with Crippen LogP contribution in [0.3, 0.4) is 0 Å². The van der Waals surface area contributed by atoms with E-state index in [1.807, 2.05) is 0 Å². The Morgan fingerprint density at radius 3 is 2.31 bits per heavy atom. The molecule has 1 unspecified atom stereocenters. The number of fused-ring (bicyclic) bond motifs is 1. The monoisotopic (exact) mass is 382 g/mol. The summed E-state index contributed by atoms with van der Waals surface area (Å²) in [6.45, 7) is 1.22. The van der Waals surface area contributed by atoms with Gasteiger partial charge < -0.3 is 14.2 Å². The molecule has 0 fully saturated rings. The van der Waals surface area contributed by atoms with Crippen LogP contribution in [0.25, 0.3) is 6.08 Å². The van der Waals surface area contributed by atoms with Gasteiger partial charge in [-0.25, -0.2) is 4.79 Å². The summed E-state index contributed by atoms with van der Waals surface area (Å²) < 4.78 is 88.7. The lowest BCUT2D eigenvalue weighted by Gasteiger charge is -2.28. The van der Waals surface area contributed by atoms with Gasteiger partial charge in [-0.3, -0.25) is 0 Å². The molecule has 0 amide bonds. The molecule has 2 rings (SSSR count). The third kappa shape index (κ3) is 5.34. The molecule has 0 saturated heterocycles. The summed E-state index contributed by atoms with van der Waals surface area (Å²) in [5.41, 5.74) is -1.03. The summed E-state index contributed by atoms with van der Waals surface area (Å²) in [7, 11) is 0. The molecule has 0 radical (unpaired) electrons. The molecule has 0 aliphatic carbocycles. The first kappa shape index (κ1) is 21.2. The summed E-state index contributed by atoms with van der Waals surface area (Å²) in [5.74, 6) is -2.26. The Morgan fingerprint density at radius 2 is 1.81 bits per heavy atom. The lowest BCUT2D eigenvalue weighted by atomic mass is 10.0. The average Bonchev–Trinajstić information content (AvgIpc) is 2.53. The number of terminal acetylenes is 1. The van der Waals surface area contributed by atoms with Crippen LogP contribution in [0.15, 0.2) is 23.8 Å². The highest BCUT2D eigenvalue weighted by atomic mass is 19.4. The number of esters is 1. The van der Waals surface area contributed by atoms with E-state index in [1.54, 1.807) is 0 Å². The van der Waals surface area contributed by atoms with Crippen molar-refractivity contribution in [1.82, 2.24) is 0 Å². The van der Waals surface area contributed by atoms with Crippen LogP contribution in [0.4, 0.5) is 26.3 Å². The van der Waals surface area contributed by atoms with Crippen LogP contribution in [0.1, 0.15) is 12.5 Å². The minimum atomic E-state index is -4.97. The molecule has 10 heteroatoms. The van der Waals surface area contributed by atoms with Gasteiger partial charge in [0.25, 0.3) is 0 Å². The second kappa shape index (κ2) is 8.03. The molecule has 1 atom stereocenters. The predicted molar refractivity (Wildman–Crippen MR) is 78.1 cm³/mol. The van der Waals surface area contributed by atoms with Gasteiger partial charge in [-0.2, -0.15) is 13.2 Å². The van der Waals surface area contributed by atoms with Crippen LogP contribution in [-0.2, 0) is 9.53 Å². The Balaban J connectivity index is 0.00000163. The smallest absolute Gasteiger partial charge is 0.475 e. The van der Waals surface area contributed by atoms with Crippen LogP contribution >= 0.6 is 0 Å². The van der Waals surface area contributed by atoms with Gasteiger partial charge >= 0.3 is 18.5 Å². The van der Waals surface area contributed by atoms with E-state index in [0.717, 1.165) is 24.3 Å². The van der Waals surface area contributed by atoms with Crippen molar-refractivity contribution in [3.8, 4) is 24.3 Å². The number of ether oxygens (including phenoxy) is 3. The van der Waals surface area contributed by atoms with Crippen molar-refractivity contribution >= 4 is 12.0 Å². The molecule has 0 N–H and O–H groups in total. The van der Waals surface area contributed by atoms with Gasteiger partial charge in [0.05, 0.1) is 12.2 Å². The van der Waals surface area contributed by atoms with Crippen LogP contribution in [0.2, 0.25) is 0 Å². The van der Waals surface area contributed by atoms with Crippen LogP contribution in [-0.4, -0.2) is 31.2 Å². The largest absolute Gasteiger partial charge is 0.573 e. The standard InChI is InChI=1S/C14H10F6O4.C2H2/c1-2-22-12(21)9-6-7-5-8(24-14(18,19)20)3-4-10(7)23-11(9)13(15,16)17;1-2/h3-6,11H,2H2,1H3;1-2H. The molecular formula is C16H12F6O4. The molecule has 1 aromatic carbocycles. The molecule has 26 heavy (non-hydrogen) atoms. The van der Waals surface area contributed by atoms with Gasteiger partial charge in [-0.15, -0.1) is 26.0 Å². The third-order valence-corrected chi connectivity index (χ3v) is 2.86. The predicted octanol–water partition coefficient (Wildman–Crippen LogP) is 4.10. The first-order valence-corrected chi connectivity index (χ1v) is 6.86. The van der Waals surface area contributed by atoms with Gasteiger partial charge in [-0.1, -0.05) is 0 Å². The van der Waals surface area contributed by atoms with Crippen molar-refractivity contribution in [1.29, 1.82) is 0 Å². The minimum absolute atomic E-state index is 0.166. The van der Waals surface area contributed by atoms with E-state index in [1.165, 1.54) is 6.92 Å². The van der Waals surface area contributed by atoms with Crippen molar-refractivity contribution in [2.24, 2.45) is 0 Å². The van der Waals surface area contributed by atoms with E-state index in [2.05, 4.69) is 22.3 Å². The second-order valence-corrected chi connectivity index (χ2v) is 4.61. The maximum absolute atomic E-state index is 13.0. The van der Waals surface area contributed by atoms with Crippen LogP contribution in [0.5, 0.6) is 11.5 Å². The second-order valence-electron chi connectivity index (χ2n) is 4.61. The minimum Gasteiger partial charge on any atom is -0.475 e.